The Hall–Kier alpha value is -2.48. The predicted molar refractivity (Wildman–Crippen MR) is 82.2 cm³/mol. The van der Waals surface area contributed by atoms with Crippen molar-refractivity contribution < 1.29 is 14.1 Å². The number of carbonyl (C=O) groups excluding carboxylic acids is 1. The maximum absolute atomic E-state index is 12.0. The minimum absolute atomic E-state index is 0.265. The lowest BCUT2D eigenvalue weighted by Gasteiger charge is -2.27. The minimum Gasteiger partial charge on any atom is -0.378 e. The quantitative estimate of drug-likeness (QED) is 0.893. The molecule has 0 atom stereocenters. The van der Waals surface area contributed by atoms with Crippen LogP contribution in [0.3, 0.4) is 0 Å². The molecule has 3 rings (SSSR count). The number of morpholine rings is 1. The Kier molecular flexibility index (Phi) is 4.52. The van der Waals surface area contributed by atoms with Crippen molar-refractivity contribution in [3.05, 3.63) is 35.0 Å². The second-order valence-electron chi connectivity index (χ2n) is 5.41. The number of hydrogen-bond acceptors (Lipinski definition) is 7. The normalized spacial score (nSPS) is 14.8. The minimum atomic E-state index is -0.286. The Balaban J connectivity index is 1.67. The number of ether oxygens (including phenoxy) is 1. The topological polar surface area (TPSA) is 93.4 Å². The van der Waals surface area contributed by atoms with Crippen molar-refractivity contribution in [3.8, 4) is 0 Å². The first-order chi connectivity index (χ1) is 11.1. The maximum atomic E-state index is 12.0. The van der Waals surface area contributed by atoms with Crippen molar-refractivity contribution in [1.29, 1.82) is 0 Å². The van der Waals surface area contributed by atoms with Gasteiger partial charge in [0.1, 0.15) is 5.76 Å². The van der Waals surface area contributed by atoms with Crippen LogP contribution in [0.4, 0.5) is 5.95 Å². The summed E-state index contributed by atoms with van der Waals surface area (Å²) in [5.41, 5.74) is 1.89. The van der Waals surface area contributed by atoms with Crippen molar-refractivity contribution in [2.75, 3.05) is 31.2 Å². The lowest BCUT2D eigenvalue weighted by atomic mass is 10.3. The molecule has 1 aliphatic rings. The molecule has 0 aliphatic carbocycles. The van der Waals surface area contributed by atoms with Crippen LogP contribution in [0.15, 0.2) is 16.7 Å². The number of rotatable bonds is 4. The van der Waals surface area contributed by atoms with Gasteiger partial charge in [0.25, 0.3) is 5.91 Å². The fraction of sp³-hybridized carbons (Fsp3) is 0.467. The van der Waals surface area contributed by atoms with Gasteiger partial charge in [-0.1, -0.05) is 5.16 Å². The van der Waals surface area contributed by atoms with Crippen LogP contribution in [-0.2, 0) is 11.3 Å². The lowest BCUT2D eigenvalue weighted by Crippen LogP contribution is -2.37. The maximum Gasteiger partial charge on any atom is 0.273 e. The van der Waals surface area contributed by atoms with E-state index < -0.39 is 0 Å². The molecule has 0 aromatic carbocycles. The third-order valence-electron chi connectivity index (χ3n) is 3.48. The number of amides is 1. The summed E-state index contributed by atoms with van der Waals surface area (Å²) in [6.07, 6.45) is 0. The molecule has 0 unspecified atom stereocenters. The Morgan fingerprint density at radius 1 is 1.26 bits per heavy atom. The SMILES string of the molecule is Cc1cc(CNC(=O)c2cc(C)on2)nc(N2CCOCC2)n1. The highest BCUT2D eigenvalue weighted by atomic mass is 16.5. The van der Waals surface area contributed by atoms with Crippen LogP contribution in [0.25, 0.3) is 0 Å². The molecule has 2 aromatic rings. The fourth-order valence-electron chi connectivity index (χ4n) is 2.35. The summed E-state index contributed by atoms with van der Waals surface area (Å²) >= 11 is 0. The molecule has 8 nitrogen and oxygen atoms in total. The monoisotopic (exact) mass is 317 g/mol. The molecule has 8 heteroatoms. The van der Waals surface area contributed by atoms with E-state index in [0.717, 1.165) is 24.5 Å². The average Bonchev–Trinajstić information content (AvgIpc) is 2.99. The third-order valence-corrected chi connectivity index (χ3v) is 3.48. The molecule has 0 spiro atoms. The van der Waals surface area contributed by atoms with Crippen LogP contribution in [0, 0.1) is 13.8 Å². The summed E-state index contributed by atoms with van der Waals surface area (Å²) in [5, 5.41) is 6.49. The van der Waals surface area contributed by atoms with Gasteiger partial charge in [0, 0.05) is 24.8 Å². The van der Waals surface area contributed by atoms with E-state index in [0.29, 0.717) is 31.5 Å². The Labute approximate surface area is 133 Å². The molecule has 1 fully saturated rings. The zero-order valence-corrected chi connectivity index (χ0v) is 13.2. The molecule has 2 aromatic heterocycles. The first-order valence-corrected chi connectivity index (χ1v) is 7.50. The third kappa shape index (κ3) is 3.84. The van der Waals surface area contributed by atoms with Crippen molar-refractivity contribution in [2.24, 2.45) is 0 Å². The molecule has 122 valence electrons. The second kappa shape index (κ2) is 6.74. The van der Waals surface area contributed by atoms with Gasteiger partial charge in [0.05, 0.1) is 25.5 Å². The largest absolute Gasteiger partial charge is 0.378 e. The summed E-state index contributed by atoms with van der Waals surface area (Å²) in [6.45, 7) is 6.86. The van der Waals surface area contributed by atoms with Crippen molar-refractivity contribution >= 4 is 11.9 Å². The molecule has 0 radical (unpaired) electrons. The number of aromatic nitrogens is 3. The molecular weight excluding hydrogens is 298 g/mol. The van der Waals surface area contributed by atoms with Gasteiger partial charge in [0.2, 0.25) is 5.95 Å². The van der Waals surface area contributed by atoms with E-state index in [1.54, 1.807) is 13.0 Å². The molecule has 0 saturated carbocycles. The van der Waals surface area contributed by atoms with Gasteiger partial charge >= 0.3 is 0 Å². The zero-order valence-electron chi connectivity index (χ0n) is 13.2. The molecular formula is C15H19N5O3. The molecule has 1 saturated heterocycles. The molecule has 0 bridgehead atoms. The molecule has 23 heavy (non-hydrogen) atoms. The zero-order chi connectivity index (χ0) is 16.2. The van der Waals surface area contributed by atoms with Gasteiger partial charge < -0.3 is 19.5 Å². The molecule has 1 aliphatic heterocycles. The Morgan fingerprint density at radius 3 is 2.74 bits per heavy atom. The number of hydrogen-bond donors (Lipinski definition) is 1. The van der Waals surface area contributed by atoms with Crippen LogP contribution >= 0.6 is 0 Å². The highest BCUT2D eigenvalue weighted by Gasteiger charge is 2.16. The van der Waals surface area contributed by atoms with Gasteiger partial charge in [0.15, 0.2) is 5.69 Å². The van der Waals surface area contributed by atoms with Gasteiger partial charge in [-0.2, -0.15) is 0 Å². The summed E-state index contributed by atoms with van der Waals surface area (Å²) < 4.78 is 10.2. The van der Waals surface area contributed by atoms with Crippen LogP contribution in [0.5, 0.6) is 0 Å². The van der Waals surface area contributed by atoms with Crippen LogP contribution in [-0.4, -0.2) is 47.3 Å². The van der Waals surface area contributed by atoms with Crippen molar-refractivity contribution in [2.45, 2.75) is 20.4 Å². The molecule has 3 heterocycles. The Bertz CT molecular complexity index is 694. The van der Waals surface area contributed by atoms with E-state index in [4.69, 9.17) is 9.26 Å². The van der Waals surface area contributed by atoms with E-state index in [1.165, 1.54) is 0 Å². The summed E-state index contributed by atoms with van der Waals surface area (Å²) in [7, 11) is 0. The Morgan fingerprint density at radius 2 is 2.04 bits per heavy atom. The summed E-state index contributed by atoms with van der Waals surface area (Å²) in [6, 6.07) is 3.46. The van der Waals surface area contributed by atoms with Crippen molar-refractivity contribution in [1.82, 2.24) is 20.4 Å². The highest BCUT2D eigenvalue weighted by Crippen LogP contribution is 2.12. The number of carbonyl (C=O) groups is 1. The van der Waals surface area contributed by atoms with E-state index in [-0.39, 0.29) is 11.6 Å². The molecule has 1 N–H and O–H groups in total. The van der Waals surface area contributed by atoms with Gasteiger partial charge in [-0.15, -0.1) is 0 Å². The molecule has 1 amide bonds. The summed E-state index contributed by atoms with van der Waals surface area (Å²) in [5.74, 6) is 0.989. The predicted octanol–water partition coefficient (Wildman–Crippen LogP) is 0.848. The van der Waals surface area contributed by atoms with E-state index in [2.05, 4.69) is 25.3 Å². The summed E-state index contributed by atoms with van der Waals surface area (Å²) in [4.78, 5) is 23.1. The van der Waals surface area contributed by atoms with Crippen LogP contribution < -0.4 is 10.2 Å². The lowest BCUT2D eigenvalue weighted by molar-refractivity contribution is 0.0941. The number of aryl methyl sites for hydroxylation is 2. The van der Waals surface area contributed by atoms with Crippen molar-refractivity contribution in [3.63, 3.8) is 0 Å². The van der Waals surface area contributed by atoms with Crippen LogP contribution in [0.1, 0.15) is 27.6 Å². The average molecular weight is 317 g/mol. The first kappa shape index (κ1) is 15.4. The van der Waals surface area contributed by atoms with Gasteiger partial charge in [-0.25, -0.2) is 9.97 Å². The number of nitrogens with zero attached hydrogens (tertiary/aromatic N) is 4. The van der Waals surface area contributed by atoms with Gasteiger partial charge in [-0.05, 0) is 19.9 Å². The highest BCUT2D eigenvalue weighted by molar-refractivity contribution is 5.92. The number of anilines is 1. The van der Waals surface area contributed by atoms with E-state index >= 15 is 0 Å². The fourth-order valence-corrected chi connectivity index (χ4v) is 2.35. The number of nitrogens with one attached hydrogen (secondary N) is 1. The first-order valence-electron chi connectivity index (χ1n) is 7.50. The van der Waals surface area contributed by atoms with Crippen LogP contribution in [0.2, 0.25) is 0 Å². The van der Waals surface area contributed by atoms with E-state index in [1.807, 2.05) is 13.0 Å². The van der Waals surface area contributed by atoms with E-state index in [9.17, 15) is 4.79 Å². The smallest absolute Gasteiger partial charge is 0.273 e. The van der Waals surface area contributed by atoms with Gasteiger partial charge in [-0.3, -0.25) is 4.79 Å². The standard InChI is InChI=1S/C15H19N5O3/c1-10-7-12(9-16-14(21)13-8-11(2)23-19-13)18-15(17-10)20-3-5-22-6-4-20/h7-8H,3-6,9H2,1-2H3,(H,16,21). The second-order valence-corrected chi connectivity index (χ2v) is 5.41.